The smallest absolute Gasteiger partial charge is 0.323 e. The van der Waals surface area contributed by atoms with Crippen molar-refractivity contribution in [1.29, 1.82) is 0 Å². The van der Waals surface area contributed by atoms with Crippen LogP contribution >= 0.6 is 0 Å². The van der Waals surface area contributed by atoms with Gasteiger partial charge in [0.25, 0.3) is 0 Å². The molecule has 0 bridgehead atoms. The van der Waals surface area contributed by atoms with Crippen molar-refractivity contribution < 1.29 is 9.53 Å². The van der Waals surface area contributed by atoms with Crippen molar-refractivity contribution in [3.63, 3.8) is 0 Å². The van der Waals surface area contributed by atoms with Crippen molar-refractivity contribution in [1.82, 2.24) is 9.78 Å². The molecule has 1 rings (SSSR count). The quantitative estimate of drug-likeness (QED) is 0.766. The first kappa shape index (κ1) is 12.7. The molecule has 1 unspecified atom stereocenters. The van der Waals surface area contributed by atoms with Crippen LogP contribution in [-0.4, -0.2) is 27.4 Å². The lowest BCUT2D eigenvalue weighted by Gasteiger charge is -2.21. The third-order valence-corrected chi connectivity index (χ3v) is 1.91. The molecule has 1 aromatic rings. The summed E-state index contributed by atoms with van der Waals surface area (Å²) >= 11 is 0. The second kappa shape index (κ2) is 4.65. The van der Waals surface area contributed by atoms with Gasteiger partial charge < -0.3 is 10.5 Å². The fraction of sp³-hybridized carbons (Fsp3) is 0.636. The number of hydrogen-bond acceptors (Lipinski definition) is 4. The lowest BCUT2D eigenvalue weighted by molar-refractivity contribution is -0.156. The van der Waals surface area contributed by atoms with E-state index >= 15 is 0 Å². The Morgan fingerprint density at radius 3 is 2.69 bits per heavy atom. The largest absolute Gasteiger partial charge is 0.459 e. The molecule has 0 aliphatic carbocycles. The molecule has 0 aromatic carbocycles. The first-order valence-electron chi connectivity index (χ1n) is 5.25. The van der Waals surface area contributed by atoms with Crippen LogP contribution in [0.25, 0.3) is 0 Å². The fourth-order valence-electron chi connectivity index (χ4n) is 1.26. The highest BCUT2D eigenvalue weighted by Gasteiger charge is 2.22. The minimum Gasteiger partial charge on any atom is -0.459 e. The maximum atomic E-state index is 11.6. The second-order valence-electron chi connectivity index (χ2n) is 4.82. The lowest BCUT2D eigenvalue weighted by atomic mass is 10.1. The molecule has 5 nitrogen and oxygen atoms in total. The number of nitrogens with two attached hydrogens (primary N) is 1. The zero-order chi connectivity index (χ0) is 12.3. The van der Waals surface area contributed by atoms with E-state index in [2.05, 4.69) is 5.10 Å². The van der Waals surface area contributed by atoms with Crippen LogP contribution in [0.15, 0.2) is 12.3 Å². The summed E-state index contributed by atoms with van der Waals surface area (Å²) in [6.45, 7) is 5.45. The molecule has 0 saturated carbocycles. The molecule has 0 fully saturated rings. The molecule has 5 heteroatoms. The van der Waals surface area contributed by atoms with Crippen LogP contribution in [-0.2, 0) is 23.0 Å². The minimum absolute atomic E-state index is 0.391. The van der Waals surface area contributed by atoms with Gasteiger partial charge in [0.05, 0.1) is 5.69 Å². The van der Waals surface area contributed by atoms with Gasteiger partial charge in [0.2, 0.25) is 0 Å². The molecule has 16 heavy (non-hydrogen) atoms. The van der Waals surface area contributed by atoms with Gasteiger partial charge in [-0.2, -0.15) is 5.10 Å². The van der Waals surface area contributed by atoms with Crippen molar-refractivity contribution in [3.8, 4) is 0 Å². The molecule has 0 amide bonds. The van der Waals surface area contributed by atoms with Crippen LogP contribution in [0.2, 0.25) is 0 Å². The van der Waals surface area contributed by atoms with E-state index in [-0.39, 0.29) is 0 Å². The molecular formula is C11H19N3O2. The average molecular weight is 225 g/mol. The summed E-state index contributed by atoms with van der Waals surface area (Å²) in [5.41, 5.74) is 6.03. The minimum atomic E-state index is -0.658. The number of carbonyl (C=O) groups is 1. The Labute approximate surface area is 95.6 Å². The Morgan fingerprint density at radius 1 is 1.62 bits per heavy atom. The maximum absolute atomic E-state index is 11.6. The molecule has 1 atom stereocenters. The Morgan fingerprint density at radius 2 is 2.25 bits per heavy atom. The van der Waals surface area contributed by atoms with Crippen molar-refractivity contribution in [3.05, 3.63) is 18.0 Å². The zero-order valence-electron chi connectivity index (χ0n) is 10.2. The van der Waals surface area contributed by atoms with Crippen LogP contribution in [0, 0.1) is 0 Å². The molecule has 0 radical (unpaired) electrons. The van der Waals surface area contributed by atoms with Crippen molar-refractivity contribution in [2.45, 2.75) is 38.8 Å². The molecule has 0 aliphatic heterocycles. The Kier molecular flexibility index (Phi) is 3.70. The van der Waals surface area contributed by atoms with E-state index in [0.717, 1.165) is 5.69 Å². The molecule has 0 saturated heterocycles. The summed E-state index contributed by atoms with van der Waals surface area (Å²) in [6, 6.07) is 1.18. The van der Waals surface area contributed by atoms with Crippen LogP contribution in [0.5, 0.6) is 0 Å². The average Bonchev–Trinajstić information content (AvgIpc) is 2.48. The van der Waals surface area contributed by atoms with Gasteiger partial charge in [-0.05, 0) is 26.8 Å². The predicted molar refractivity (Wildman–Crippen MR) is 60.7 cm³/mol. The van der Waals surface area contributed by atoms with Gasteiger partial charge in [-0.25, -0.2) is 0 Å². The van der Waals surface area contributed by atoms with E-state index in [1.54, 1.807) is 4.68 Å². The van der Waals surface area contributed by atoms with Gasteiger partial charge in [0.1, 0.15) is 11.6 Å². The highest BCUT2D eigenvalue weighted by atomic mass is 16.6. The van der Waals surface area contributed by atoms with Crippen molar-refractivity contribution >= 4 is 5.97 Å². The van der Waals surface area contributed by atoms with Gasteiger partial charge in [0, 0.05) is 19.7 Å². The first-order chi connectivity index (χ1) is 7.28. The van der Waals surface area contributed by atoms with E-state index in [0.29, 0.717) is 6.42 Å². The molecule has 0 spiro atoms. The third-order valence-electron chi connectivity index (χ3n) is 1.91. The van der Waals surface area contributed by atoms with Gasteiger partial charge in [-0.3, -0.25) is 9.48 Å². The van der Waals surface area contributed by atoms with Crippen LogP contribution in [0.4, 0.5) is 0 Å². The monoisotopic (exact) mass is 225 g/mol. The highest BCUT2D eigenvalue weighted by molar-refractivity contribution is 5.76. The number of rotatable bonds is 3. The highest BCUT2D eigenvalue weighted by Crippen LogP contribution is 2.09. The number of ether oxygens (including phenoxy) is 1. The van der Waals surface area contributed by atoms with Gasteiger partial charge in [-0.15, -0.1) is 0 Å². The van der Waals surface area contributed by atoms with Crippen LogP contribution < -0.4 is 5.73 Å². The zero-order valence-corrected chi connectivity index (χ0v) is 10.2. The number of nitrogens with zero attached hydrogens (tertiary/aromatic N) is 2. The van der Waals surface area contributed by atoms with Crippen molar-refractivity contribution in [2.24, 2.45) is 12.8 Å². The number of hydrogen-bond donors (Lipinski definition) is 1. The molecular weight excluding hydrogens is 206 g/mol. The predicted octanol–water partition coefficient (Wildman–Crippen LogP) is 0.632. The summed E-state index contributed by atoms with van der Waals surface area (Å²) in [6.07, 6.45) is 2.22. The summed E-state index contributed by atoms with van der Waals surface area (Å²) < 4.78 is 6.86. The fourth-order valence-corrected chi connectivity index (χ4v) is 1.26. The molecule has 0 aliphatic rings. The Bertz CT molecular complexity index is 366. The van der Waals surface area contributed by atoms with E-state index < -0.39 is 17.6 Å². The van der Waals surface area contributed by atoms with Crippen LogP contribution in [0.1, 0.15) is 26.5 Å². The molecule has 1 heterocycles. The summed E-state index contributed by atoms with van der Waals surface area (Å²) in [4.78, 5) is 11.6. The number of aromatic nitrogens is 2. The summed E-state index contributed by atoms with van der Waals surface area (Å²) in [5.74, 6) is -0.391. The second-order valence-corrected chi connectivity index (χ2v) is 4.82. The summed E-state index contributed by atoms with van der Waals surface area (Å²) in [7, 11) is 1.82. The van der Waals surface area contributed by atoms with Gasteiger partial charge in [0.15, 0.2) is 0 Å². The normalized spacial score (nSPS) is 13.6. The lowest BCUT2D eigenvalue weighted by Crippen LogP contribution is -2.38. The van der Waals surface area contributed by atoms with Gasteiger partial charge >= 0.3 is 5.97 Å². The van der Waals surface area contributed by atoms with E-state index in [4.69, 9.17) is 10.5 Å². The van der Waals surface area contributed by atoms with E-state index in [1.165, 1.54) is 0 Å². The van der Waals surface area contributed by atoms with E-state index in [1.807, 2.05) is 40.1 Å². The maximum Gasteiger partial charge on any atom is 0.323 e. The summed E-state index contributed by atoms with van der Waals surface area (Å²) in [5, 5.41) is 4.16. The standard InChI is InChI=1S/C11H19N3O2/c1-11(2,3)16-10(15)9(12)7-8-5-6-14(4)13-8/h5-6,9H,7,12H2,1-4H3. The third kappa shape index (κ3) is 4.02. The number of esters is 1. The van der Waals surface area contributed by atoms with Crippen molar-refractivity contribution in [2.75, 3.05) is 0 Å². The molecule has 1 aromatic heterocycles. The van der Waals surface area contributed by atoms with E-state index in [9.17, 15) is 4.79 Å². The number of carbonyl (C=O) groups excluding carboxylic acids is 1. The SMILES string of the molecule is Cn1ccc(CC(N)C(=O)OC(C)(C)C)n1. The number of aryl methyl sites for hydroxylation is 1. The Hall–Kier alpha value is -1.36. The first-order valence-corrected chi connectivity index (χ1v) is 5.25. The topological polar surface area (TPSA) is 70.1 Å². The van der Waals surface area contributed by atoms with Crippen LogP contribution in [0.3, 0.4) is 0 Å². The molecule has 2 N–H and O–H groups in total. The Balaban J connectivity index is 2.52. The molecule has 90 valence electrons. The van der Waals surface area contributed by atoms with Gasteiger partial charge in [-0.1, -0.05) is 0 Å².